The second-order valence-electron chi connectivity index (χ2n) is 6.86. The lowest BCUT2D eigenvalue weighted by Gasteiger charge is -2.05. The third-order valence-electron chi connectivity index (χ3n) is 4.69. The van der Waals surface area contributed by atoms with Gasteiger partial charge in [-0.3, -0.25) is 0 Å². The van der Waals surface area contributed by atoms with Crippen LogP contribution >= 0.6 is 11.3 Å². The van der Waals surface area contributed by atoms with Crippen LogP contribution < -0.4 is 5.32 Å². The van der Waals surface area contributed by atoms with Crippen molar-refractivity contribution in [1.29, 1.82) is 0 Å². The highest BCUT2D eigenvalue weighted by Gasteiger charge is 2.09. The Labute approximate surface area is 182 Å². The summed E-state index contributed by atoms with van der Waals surface area (Å²) in [7, 11) is 0. The van der Waals surface area contributed by atoms with Crippen LogP contribution in [0.4, 0.5) is 5.69 Å². The van der Waals surface area contributed by atoms with E-state index >= 15 is 0 Å². The van der Waals surface area contributed by atoms with Crippen molar-refractivity contribution in [3.8, 4) is 22.1 Å². The van der Waals surface area contributed by atoms with Gasteiger partial charge in [0, 0.05) is 11.3 Å². The fourth-order valence-electron chi connectivity index (χ4n) is 3.07. The number of hydrogen-bond acceptors (Lipinski definition) is 8. The Morgan fingerprint density at radius 3 is 2.61 bits per heavy atom. The Morgan fingerprint density at radius 2 is 1.81 bits per heavy atom. The summed E-state index contributed by atoms with van der Waals surface area (Å²) in [5.74, 6) is 1.82. The molecule has 9 heteroatoms. The molecule has 0 saturated carbocycles. The van der Waals surface area contributed by atoms with Crippen molar-refractivity contribution < 1.29 is 4.52 Å². The van der Waals surface area contributed by atoms with Crippen molar-refractivity contribution in [1.82, 2.24) is 30.3 Å². The molecule has 0 spiro atoms. The van der Waals surface area contributed by atoms with Crippen LogP contribution in [0.2, 0.25) is 0 Å². The second kappa shape index (κ2) is 8.88. The Morgan fingerprint density at radius 1 is 0.935 bits per heavy atom. The van der Waals surface area contributed by atoms with Gasteiger partial charge in [-0.15, -0.1) is 21.5 Å². The van der Waals surface area contributed by atoms with Gasteiger partial charge < -0.3 is 9.84 Å². The zero-order valence-corrected chi connectivity index (χ0v) is 17.4. The number of thiophene rings is 1. The maximum absolute atomic E-state index is 5.32. The lowest BCUT2D eigenvalue weighted by Crippen LogP contribution is -2.05. The normalized spacial score (nSPS) is 11.0. The number of nitrogens with one attached hydrogen (secondary N) is 1. The van der Waals surface area contributed by atoms with E-state index in [0.29, 0.717) is 30.6 Å². The van der Waals surface area contributed by atoms with Gasteiger partial charge in [-0.2, -0.15) is 9.78 Å². The average molecular weight is 430 g/mol. The van der Waals surface area contributed by atoms with E-state index in [9.17, 15) is 0 Å². The Bertz CT molecular complexity index is 1230. The zero-order chi connectivity index (χ0) is 20.9. The molecule has 0 unspecified atom stereocenters. The van der Waals surface area contributed by atoms with E-state index in [4.69, 9.17) is 4.52 Å². The summed E-state index contributed by atoms with van der Waals surface area (Å²) in [4.78, 5) is 7.05. The van der Waals surface area contributed by atoms with Crippen LogP contribution in [0.25, 0.3) is 22.1 Å². The molecule has 3 heterocycles. The molecule has 31 heavy (non-hydrogen) atoms. The van der Waals surface area contributed by atoms with Gasteiger partial charge in [0.2, 0.25) is 17.5 Å². The molecule has 0 atom stereocenters. The average Bonchev–Trinajstić information content (AvgIpc) is 3.59. The maximum atomic E-state index is 5.32. The van der Waals surface area contributed by atoms with Crippen molar-refractivity contribution >= 4 is 17.0 Å². The lowest BCUT2D eigenvalue weighted by atomic mass is 10.1. The number of nitrogens with zero attached hydrogens (tertiary/aromatic N) is 6. The molecule has 0 radical (unpaired) electrons. The first kappa shape index (κ1) is 19.1. The van der Waals surface area contributed by atoms with Gasteiger partial charge in [-0.25, -0.2) is 0 Å². The van der Waals surface area contributed by atoms with Crippen LogP contribution in [0.5, 0.6) is 0 Å². The minimum Gasteiger partial charge on any atom is -0.376 e. The minimum atomic E-state index is 0.475. The highest BCUT2D eigenvalue weighted by Crippen LogP contribution is 2.21. The number of aryl methyl sites for hydroxylation is 2. The first-order chi connectivity index (χ1) is 15.3. The van der Waals surface area contributed by atoms with E-state index in [1.165, 1.54) is 5.56 Å². The summed E-state index contributed by atoms with van der Waals surface area (Å²) in [6.07, 6.45) is 0.818. The molecule has 8 nitrogen and oxygen atoms in total. The zero-order valence-electron chi connectivity index (χ0n) is 16.5. The number of tetrazole rings is 1. The number of rotatable bonds is 8. The van der Waals surface area contributed by atoms with Gasteiger partial charge in [-0.05, 0) is 40.8 Å². The Hall–Kier alpha value is -3.85. The third-order valence-corrected chi connectivity index (χ3v) is 5.56. The predicted octanol–water partition coefficient (Wildman–Crippen LogP) is 4.31. The SMILES string of the molecule is c1ccc(-c2nnn(CCc3ccc(NCc4nc(-c5cccs5)no4)cc3)n2)cc1. The first-order valence-corrected chi connectivity index (χ1v) is 10.7. The van der Waals surface area contributed by atoms with Crippen molar-refractivity contribution in [2.24, 2.45) is 0 Å². The highest BCUT2D eigenvalue weighted by molar-refractivity contribution is 7.13. The number of anilines is 1. The monoisotopic (exact) mass is 429 g/mol. The third kappa shape index (κ3) is 4.67. The molecule has 0 aliphatic rings. The van der Waals surface area contributed by atoms with Crippen LogP contribution in [0.1, 0.15) is 11.5 Å². The Kier molecular flexibility index (Phi) is 5.48. The van der Waals surface area contributed by atoms with Crippen LogP contribution in [0.15, 0.2) is 76.6 Å². The van der Waals surface area contributed by atoms with E-state index in [-0.39, 0.29) is 0 Å². The fraction of sp³-hybridized carbons (Fsp3) is 0.136. The van der Waals surface area contributed by atoms with Gasteiger partial charge in [0.1, 0.15) is 0 Å². The number of benzene rings is 2. The van der Waals surface area contributed by atoms with Crippen LogP contribution in [0, 0.1) is 0 Å². The minimum absolute atomic E-state index is 0.475. The van der Waals surface area contributed by atoms with Crippen molar-refractivity contribution in [3.05, 3.63) is 83.6 Å². The smallest absolute Gasteiger partial charge is 0.246 e. The van der Waals surface area contributed by atoms with Gasteiger partial charge in [0.15, 0.2) is 0 Å². The Balaban J connectivity index is 1.13. The van der Waals surface area contributed by atoms with Crippen molar-refractivity contribution in [2.45, 2.75) is 19.5 Å². The van der Waals surface area contributed by atoms with Gasteiger partial charge in [0.25, 0.3) is 0 Å². The summed E-state index contributed by atoms with van der Waals surface area (Å²) < 4.78 is 5.32. The van der Waals surface area contributed by atoms with E-state index in [1.54, 1.807) is 16.1 Å². The molecule has 0 fully saturated rings. The molecular formula is C22H19N7OS. The van der Waals surface area contributed by atoms with E-state index in [0.717, 1.165) is 22.5 Å². The number of hydrogen-bond donors (Lipinski definition) is 1. The highest BCUT2D eigenvalue weighted by atomic mass is 32.1. The largest absolute Gasteiger partial charge is 0.376 e. The predicted molar refractivity (Wildman–Crippen MR) is 118 cm³/mol. The molecule has 0 amide bonds. The van der Waals surface area contributed by atoms with Gasteiger partial charge in [-0.1, -0.05) is 53.7 Å². The molecule has 0 bridgehead atoms. The van der Waals surface area contributed by atoms with Crippen LogP contribution in [0.3, 0.4) is 0 Å². The molecule has 0 saturated heterocycles. The quantitative estimate of drug-likeness (QED) is 0.393. The van der Waals surface area contributed by atoms with Gasteiger partial charge in [0.05, 0.1) is 18.0 Å². The summed E-state index contributed by atoms with van der Waals surface area (Å²) in [5, 5.41) is 22.1. The molecule has 0 aliphatic heterocycles. The standard InChI is InChI=1S/C22H19N7OS/c1-2-5-17(6-3-1)21-25-28-29(26-21)13-12-16-8-10-18(11-9-16)23-15-20-24-22(27-30-20)19-7-4-14-31-19/h1-11,14,23H,12-13,15H2. The molecular weight excluding hydrogens is 410 g/mol. The number of aromatic nitrogens is 6. The van der Waals surface area contributed by atoms with E-state index < -0.39 is 0 Å². The molecule has 1 N–H and O–H groups in total. The molecule has 5 aromatic rings. The molecule has 2 aromatic carbocycles. The topological polar surface area (TPSA) is 94.6 Å². The summed E-state index contributed by atoms with van der Waals surface area (Å²) >= 11 is 1.59. The van der Waals surface area contributed by atoms with E-state index in [1.807, 2.05) is 60.0 Å². The first-order valence-electron chi connectivity index (χ1n) is 9.86. The fourth-order valence-corrected chi connectivity index (χ4v) is 3.72. The van der Waals surface area contributed by atoms with Crippen molar-refractivity contribution in [3.63, 3.8) is 0 Å². The van der Waals surface area contributed by atoms with Crippen molar-refractivity contribution in [2.75, 3.05) is 5.32 Å². The molecule has 3 aromatic heterocycles. The summed E-state index contributed by atoms with van der Waals surface area (Å²) in [5.41, 5.74) is 3.15. The summed E-state index contributed by atoms with van der Waals surface area (Å²) in [6.45, 7) is 1.14. The summed E-state index contributed by atoms with van der Waals surface area (Å²) in [6, 6.07) is 22.0. The molecule has 154 valence electrons. The lowest BCUT2D eigenvalue weighted by molar-refractivity contribution is 0.384. The molecule has 5 rings (SSSR count). The van der Waals surface area contributed by atoms with Gasteiger partial charge >= 0.3 is 0 Å². The maximum Gasteiger partial charge on any atom is 0.246 e. The molecule has 0 aliphatic carbocycles. The second-order valence-corrected chi connectivity index (χ2v) is 7.81. The van der Waals surface area contributed by atoms with Crippen LogP contribution in [-0.2, 0) is 19.5 Å². The van der Waals surface area contributed by atoms with Crippen LogP contribution in [-0.4, -0.2) is 30.3 Å². The van der Waals surface area contributed by atoms with E-state index in [2.05, 4.69) is 43.0 Å².